The van der Waals surface area contributed by atoms with Crippen LogP contribution in [0, 0.1) is 0 Å². The molecule has 0 bridgehead atoms. The van der Waals surface area contributed by atoms with Crippen LogP contribution in [0.25, 0.3) is 0 Å². The van der Waals surface area contributed by atoms with Gasteiger partial charge in [-0.1, -0.05) is 25.5 Å². The van der Waals surface area contributed by atoms with E-state index in [2.05, 4.69) is 6.92 Å². The van der Waals surface area contributed by atoms with Crippen LogP contribution >= 0.6 is 0 Å². The van der Waals surface area contributed by atoms with Crippen LogP contribution < -0.4 is 4.74 Å². The Balaban J connectivity index is 2.61. The van der Waals surface area contributed by atoms with E-state index in [1.165, 1.54) is 0 Å². The van der Waals surface area contributed by atoms with Gasteiger partial charge in [-0.25, -0.2) is 0 Å². The average Bonchev–Trinajstić information content (AvgIpc) is 2.18. The number of carbonyl (C=O) groups is 1. The van der Waals surface area contributed by atoms with Crippen molar-refractivity contribution in [2.75, 3.05) is 0 Å². The van der Waals surface area contributed by atoms with Gasteiger partial charge >= 0.3 is 0 Å². The Morgan fingerprint density at radius 1 is 1.50 bits per heavy atom. The lowest BCUT2D eigenvalue weighted by Crippen LogP contribution is -2.10. The molecule has 1 rings (SSSR count). The highest BCUT2D eigenvalue weighted by Crippen LogP contribution is 2.15. The molecule has 0 aliphatic carbocycles. The summed E-state index contributed by atoms with van der Waals surface area (Å²) in [5, 5.41) is 0. The first-order valence-electron chi connectivity index (χ1n) is 4.98. The minimum Gasteiger partial charge on any atom is -0.491 e. The number of hydrogen-bond acceptors (Lipinski definition) is 2. The average molecular weight is 192 g/mol. The van der Waals surface area contributed by atoms with E-state index in [9.17, 15) is 4.79 Å². The number of aldehydes is 1. The maximum absolute atomic E-state index is 10.5. The van der Waals surface area contributed by atoms with Crippen molar-refractivity contribution in [2.45, 2.75) is 32.8 Å². The summed E-state index contributed by atoms with van der Waals surface area (Å²) < 4.78 is 5.64. The van der Waals surface area contributed by atoms with Crippen molar-refractivity contribution in [1.29, 1.82) is 0 Å². The molecule has 2 nitrogen and oxygen atoms in total. The first-order valence-corrected chi connectivity index (χ1v) is 4.98. The highest BCUT2D eigenvalue weighted by molar-refractivity contribution is 5.75. The van der Waals surface area contributed by atoms with Gasteiger partial charge in [0, 0.05) is 5.56 Å². The third-order valence-electron chi connectivity index (χ3n) is 2.03. The van der Waals surface area contributed by atoms with Crippen LogP contribution in [0.4, 0.5) is 0 Å². The van der Waals surface area contributed by atoms with Gasteiger partial charge in [0.15, 0.2) is 0 Å². The van der Waals surface area contributed by atoms with Gasteiger partial charge in [-0.15, -0.1) is 0 Å². The fourth-order valence-corrected chi connectivity index (χ4v) is 1.36. The predicted octanol–water partition coefficient (Wildman–Crippen LogP) is 3.07. The normalized spacial score (nSPS) is 12.1. The van der Waals surface area contributed by atoms with Crippen LogP contribution in [0.15, 0.2) is 24.3 Å². The van der Waals surface area contributed by atoms with Gasteiger partial charge in [0.2, 0.25) is 0 Å². The first-order chi connectivity index (χ1) is 6.76. The standard InChI is InChI=1S/C12H16O2/c1-3-5-10(2)14-12-7-4-6-11(8-12)9-13/h4,6-10H,3,5H2,1-2H3. The lowest BCUT2D eigenvalue weighted by atomic mass is 10.2. The molecule has 1 atom stereocenters. The predicted molar refractivity (Wildman–Crippen MR) is 56.8 cm³/mol. The van der Waals surface area contributed by atoms with Gasteiger partial charge in [0.25, 0.3) is 0 Å². The van der Waals surface area contributed by atoms with E-state index in [0.717, 1.165) is 24.9 Å². The summed E-state index contributed by atoms with van der Waals surface area (Å²) in [4.78, 5) is 10.5. The van der Waals surface area contributed by atoms with Crippen molar-refractivity contribution in [2.24, 2.45) is 0 Å². The summed E-state index contributed by atoms with van der Waals surface area (Å²) >= 11 is 0. The molecule has 0 aliphatic rings. The molecule has 1 aromatic carbocycles. The lowest BCUT2D eigenvalue weighted by molar-refractivity contribution is 0.112. The highest BCUT2D eigenvalue weighted by atomic mass is 16.5. The zero-order valence-electron chi connectivity index (χ0n) is 8.69. The monoisotopic (exact) mass is 192 g/mol. The molecule has 14 heavy (non-hydrogen) atoms. The third kappa shape index (κ3) is 3.21. The largest absolute Gasteiger partial charge is 0.491 e. The second-order valence-electron chi connectivity index (χ2n) is 3.41. The molecule has 2 heteroatoms. The topological polar surface area (TPSA) is 26.3 Å². The van der Waals surface area contributed by atoms with Crippen molar-refractivity contribution in [3.8, 4) is 5.75 Å². The molecule has 1 unspecified atom stereocenters. The molecule has 0 radical (unpaired) electrons. The maximum atomic E-state index is 10.5. The summed E-state index contributed by atoms with van der Waals surface area (Å²) in [7, 11) is 0. The highest BCUT2D eigenvalue weighted by Gasteiger charge is 2.02. The summed E-state index contributed by atoms with van der Waals surface area (Å²) in [5.74, 6) is 0.774. The Morgan fingerprint density at radius 3 is 2.93 bits per heavy atom. The van der Waals surface area contributed by atoms with Gasteiger partial charge in [-0.2, -0.15) is 0 Å². The Morgan fingerprint density at radius 2 is 2.29 bits per heavy atom. The molecule has 0 fully saturated rings. The molecular formula is C12H16O2. The molecule has 0 heterocycles. The van der Waals surface area contributed by atoms with Crippen LogP contribution in [0.5, 0.6) is 5.75 Å². The maximum Gasteiger partial charge on any atom is 0.150 e. The second-order valence-corrected chi connectivity index (χ2v) is 3.41. The van der Waals surface area contributed by atoms with E-state index in [1.807, 2.05) is 19.1 Å². The quantitative estimate of drug-likeness (QED) is 0.670. The van der Waals surface area contributed by atoms with Crippen molar-refractivity contribution < 1.29 is 9.53 Å². The SMILES string of the molecule is CCCC(C)Oc1cccc(C=O)c1. The Kier molecular flexibility index (Phi) is 4.17. The molecule has 76 valence electrons. The van der Waals surface area contributed by atoms with Crippen LogP contribution in [-0.4, -0.2) is 12.4 Å². The van der Waals surface area contributed by atoms with Gasteiger partial charge in [0.1, 0.15) is 12.0 Å². The number of hydrogen-bond donors (Lipinski definition) is 0. The molecule has 1 aromatic rings. The lowest BCUT2D eigenvalue weighted by Gasteiger charge is -2.13. The number of ether oxygens (including phenoxy) is 1. The summed E-state index contributed by atoms with van der Waals surface area (Å²) in [6, 6.07) is 7.24. The minimum atomic E-state index is 0.210. The third-order valence-corrected chi connectivity index (χ3v) is 2.03. The molecule has 0 aliphatic heterocycles. The summed E-state index contributed by atoms with van der Waals surface area (Å²) in [6.07, 6.45) is 3.18. The van der Waals surface area contributed by atoms with Crippen LogP contribution in [0.3, 0.4) is 0 Å². The number of benzene rings is 1. The molecule has 0 N–H and O–H groups in total. The summed E-state index contributed by atoms with van der Waals surface area (Å²) in [6.45, 7) is 4.17. The molecular weight excluding hydrogens is 176 g/mol. The fraction of sp³-hybridized carbons (Fsp3) is 0.417. The number of carbonyl (C=O) groups excluding carboxylic acids is 1. The van der Waals surface area contributed by atoms with Gasteiger partial charge < -0.3 is 4.74 Å². The van der Waals surface area contributed by atoms with Crippen molar-refractivity contribution in [3.05, 3.63) is 29.8 Å². The van der Waals surface area contributed by atoms with Gasteiger partial charge in [-0.3, -0.25) is 4.79 Å². The van der Waals surface area contributed by atoms with E-state index in [-0.39, 0.29) is 6.10 Å². The number of rotatable bonds is 5. The Labute approximate surface area is 84.9 Å². The van der Waals surface area contributed by atoms with E-state index in [4.69, 9.17) is 4.74 Å². The summed E-state index contributed by atoms with van der Waals surface area (Å²) in [5.41, 5.74) is 0.659. The fourth-order valence-electron chi connectivity index (χ4n) is 1.36. The minimum absolute atomic E-state index is 0.210. The molecule has 0 aromatic heterocycles. The first kappa shape index (κ1) is 10.8. The van der Waals surface area contributed by atoms with E-state index in [0.29, 0.717) is 5.56 Å². The molecule has 0 spiro atoms. The Bertz CT molecular complexity index is 294. The van der Waals surface area contributed by atoms with E-state index in [1.54, 1.807) is 12.1 Å². The van der Waals surface area contributed by atoms with Crippen molar-refractivity contribution in [3.63, 3.8) is 0 Å². The van der Waals surface area contributed by atoms with E-state index < -0.39 is 0 Å². The zero-order chi connectivity index (χ0) is 10.4. The van der Waals surface area contributed by atoms with Crippen LogP contribution in [0.1, 0.15) is 37.0 Å². The Hall–Kier alpha value is -1.31. The van der Waals surface area contributed by atoms with Gasteiger partial charge in [0.05, 0.1) is 6.10 Å². The van der Waals surface area contributed by atoms with Crippen molar-refractivity contribution >= 4 is 6.29 Å². The van der Waals surface area contributed by atoms with Crippen LogP contribution in [-0.2, 0) is 0 Å². The second kappa shape index (κ2) is 5.43. The zero-order valence-corrected chi connectivity index (χ0v) is 8.69. The van der Waals surface area contributed by atoms with Gasteiger partial charge in [-0.05, 0) is 25.5 Å². The molecule has 0 saturated carbocycles. The van der Waals surface area contributed by atoms with Crippen LogP contribution in [0.2, 0.25) is 0 Å². The smallest absolute Gasteiger partial charge is 0.150 e. The van der Waals surface area contributed by atoms with Crippen molar-refractivity contribution in [1.82, 2.24) is 0 Å². The van der Waals surface area contributed by atoms with E-state index >= 15 is 0 Å². The molecule has 0 amide bonds. The molecule has 0 saturated heterocycles.